The molecule has 4 nitrogen and oxygen atoms in total. The Morgan fingerprint density at radius 3 is 2.65 bits per heavy atom. The van der Waals surface area contributed by atoms with Crippen LogP contribution >= 0.6 is 0 Å². The Kier molecular flexibility index (Phi) is 5.59. The predicted molar refractivity (Wildman–Crippen MR) is 61.0 cm³/mol. The molecule has 2 N–H and O–H groups in total. The van der Waals surface area contributed by atoms with E-state index in [1.54, 1.807) is 12.1 Å². The first-order chi connectivity index (χ1) is 8.15. The highest BCUT2D eigenvalue weighted by Crippen LogP contribution is 2.03. The van der Waals surface area contributed by atoms with Gasteiger partial charge in [-0.3, -0.25) is 4.79 Å². The lowest BCUT2D eigenvalue weighted by Crippen LogP contribution is -2.41. The van der Waals surface area contributed by atoms with Gasteiger partial charge in [0.1, 0.15) is 5.82 Å². The normalized spacial score (nSPS) is 12.2. The van der Waals surface area contributed by atoms with Crippen molar-refractivity contribution in [1.29, 1.82) is 0 Å². The number of rotatable bonds is 6. The fourth-order valence-electron chi connectivity index (χ4n) is 1.41. The average molecular weight is 241 g/mol. The van der Waals surface area contributed by atoms with Gasteiger partial charge in [0.25, 0.3) is 0 Å². The second-order valence-electron chi connectivity index (χ2n) is 3.71. The smallest absolute Gasteiger partial charge is 0.224 e. The summed E-state index contributed by atoms with van der Waals surface area (Å²) in [6, 6.07) is 5.31. The molecule has 17 heavy (non-hydrogen) atoms. The van der Waals surface area contributed by atoms with Crippen LogP contribution in [0.5, 0.6) is 0 Å². The molecule has 1 aromatic rings. The van der Waals surface area contributed by atoms with E-state index >= 15 is 0 Å². The Morgan fingerprint density at radius 1 is 1.47 bits per heavy atom. The maximum Gasteiger partial charge on any atom is 0.224 e. The zero-order valence-electron chi connectivity index (χ0n) is 9.65. The third-order valence-electron chi connectivity index (χ3n) is 2.23. The summed E-state index contributed by atoms with van der Waals surface area (Å²) in [4.78, 5) is 11.6. The first-order valence-corrected chi connectivity index (χ1v) is 5.29. The molecular weight excluding hydrogens is 225 g/mol. The minimum absolute atomic E-state index is 0.153. The number of amides is 1. The van der Waals surface area contributed by atoms with Crippen molar-refractivity contribution >= 4 is 5.91 Å². The van der Waals surface area contributed by atoms with Crippen LogP contribution in [-0.4, -0.2) is 37.4 Å². The number of aliphatic hydroxyl groups excluding tert-OH is 1. The van der Waals surface area contributed by atoms with Gasteiger partial charge in [-0.05, 0) is 17.7 Å². The fourth-order valence-corrected chi connectivity index (χ4v) is 1.41. The van der Waals surface area contributed by atoms with Crippen LogP contribution in [0.4, 0.5) is 4.39 Å². The molecule has 1 amide bonds. The van der Waals surface area contributed by atoms with E-state index in [4.69, 9.17) is 9.84 Å². The van der Waals surface area contributed by atoms with Crippen LogP contribution in [0.15, 0.2) is 24.3 Å². The number of nitrogens with one attached hydrogen (secondary N) is 1. The quantitative estimate of drug-likeness (QED) is 0.762. The molecule has 1 rings (SSSR count). The van der Waals surface area contributed by atoms with Crippen molar-refractivity contribution in [3.8, 4) is 0 Å². The maximum atomic E-state index is 12.6. The summed E-state index contributed by atoms with van der Waals surface area (Å²) in [7, 11) is 1.49. The van der Waals surface area contributed by atoms with E-state index in [9.17, 15) is 9.18 Å². The minimum atomic E-state index is -0.409. The van der Waals surface area contributed by atoms with E-state index in [0.717, 1.165) is 5.56 Å². The molecule has 0 aliphatic carbocycles. The van der Waals surface area contributed by atoms with E-state index in [1.807, 2.05) is 0 Å². The maximum absolute atomic E-state index is 12.6. The number of hydrogen-bond donors (Lipinski definition) is 2. The summed E-state index contributed by atoms with van der Waals surface area (Å²) in [5.74, 6) is -0.561. The molecule has 0 heterocycles. The first kappa shape index (κ1) is 13.6. The highest BCUT2D eigenvalue weighted by Gasteiger charge is 2.11. The van der Waals surface area contributed by atoms with Gasteiger partial charge in [0.2, 0.25) is 5.91 Å². The molecule has 0 radical (unpaired) electrons. The second kappa shape index (κ2) is 6.98. The molecular formula is C12H16FNO3. The number of aliphatic hydroxyl groups is 1. The highest BCUT2D eigenvalue weighted by atomic mass is 19.1. The topological polar surface area (TPSA) is 58.6 Å². The van der Waals surface area contributed by atoms with Gasteiger partial charge >= 0.3 is 0 Å². The summed E-state index contributed by atoms with van der Waals surface area (Å²) < 4.78 is 17.5. The van der Waals surface area contributed by atoms with Crippen molar-refractivity contribution in [3.05, 3.63) is 35.6 Å². The van der Waals surface area contributed by atoms with Crippen LogP contribution in [0.2, 0.25) is 0 Å². The van der Waals surface area contributed by atoms with Crippen molar-refractivity contribution in [2.24, 2.45) is 0 Å². The van der Waals surface area contributed by atoms with Crippen LogP contribution in [-0.2, 0) is 16.0 Å². The van der Waals surface area contributed by atoms with Gasteiger partial charge in [0.15, 0.2) is 0 Å². The summed E-state index contributed by atoms with van der Waals surface area (Å²) in [5, 5.41) is 11.6. The minimum Gasteiger partial charge on any atom is -0.394 e. The molecule has 0 aromatic heterocycles. The average Bonchev–Trinajstić information content (AvgIpc) is 2.31. The van der Waals surface area contributed by atoms with Gasteiger partial charge in [-0.1, -0.05) is 12.1 Å². The number of carbonyl (C=O) groups is 1. The van der Waals surface area contributed by atoms with Crippen molar-refractivity contribution < 1.29 is 19.0 Å². The Balaban J connectivity index is 2.46. The van der Waals surface area contributed by atoms with Crippen LogP contribution in [0.1, 0.15) is 5.56 Å². The second-order valence-corrected chi connectivity index (χ2v) is 3.71. The largest absolute Gasteiger partial charge is 0.394 e. The number of benzene rings is 1. The standard InChI is InChI=1S/C12H16FNO3/c1-17-8-11(7-15)14-12(16)6-9-2-4-10(13)5-3-9/h2-5,11,15H,6-8H2,1H3,(H,14,16). The fraction of sp³-hybridized carbons (Fsp3) is 0.417. The van der Waals surface area contributed by atoms with Crippen molar-refractivity contribution in [2.75, 3.05) is 20.3 Å². The Bertz CT molecular complexity index is 353. The van der Waals surface area contributed by atoms with Gasteiger partial charge in [-0.15, -0.1) is 0 Å². The predicted octanol–water partition coefficient (Wildman–Crippen LogP) is 0.492. The number of methoxy groups -OCH3 is 1. The Morgan fingerprint density at radius 2 is 2.12 bits per heavy atom. The molecule has 94 valence electrons. The lowest BCUT2D eigenvalue weighted by molar-refractivity contribution is -0.121. The number of halogens is 1. The summed E-state index contributed by atoms with van der Waals surface area (Å²) in [6.45, 7) is 0.0780. The van der Waals surface area contributed by atoms with Crippen molar-refractivity contribution in [3.63, 3.8) is 0 Å². The SMILES string of the molecule is COCC(CO)NC(=O)Cc1ccc(F)cc1. The van der Waals surface area contributed by atoms with Crippen molar-refractivity contribution in [2.45, 2.75) is 12.5 Å². The molecule has 0 fully saturated rings. The molecule has 0 aliphatic rings. The lowest BCUT2D eigenvalue weighted by Gasteiger charge is -2.15. The van der Waals surface area contributed by atoms with Crippen LogP contribution in [0.3, 0.4) is 0 Å². The third-order valence-corrected chi connectivity index (χ3v) is 2.23. The van der Waals surface area contributed by atoms with Gasteiger partial charge in [0.05, 0.1) is 25.7 Å². The van der Waals surface area contributed by atoms with E-state index in [-0.39, 0.29) is 31.4 Å². The van der Waals surface area contributed by atoms with E-state index < -0.39 is 6.04 Å². The molecule has 0 saturated heterocycles. The molecule has 1 aromatic carbocycles. The van der Waals surface area contributed by atoms with Crippen LogP contribution in [0, 0.1) is 5.82 Å². The van der Waals surface area contributed by atoms with Crippen LogP contribution < -0.4 is 5.32 Å². The van der Waals surface area contributed by atoms with E-state index in [2.05, 4.69) is 5.32 Å². The molecule has 0 aliphatic heterocycles. The highest BCUT2D eigenvalue weighted by molar-refractivity contribution is 5.78. The van der Waals surface area contributed by atoms with Gasteiger partial charge in [-0.25, -0.2) is 4.39 Å². The first-order valence-electron chi connectivity index (χ1n) is 5.29. The zero-order valence-corrected chi connectivity index (χ0v) is 9.65. The molecule has 0 saturated carbocycles. The van der Waals surface area contributed by atoms with Gasteiger partial charge in [-0.2, -0.15) is 0 Å². The van der Waals surface area contributed by atoms with E-state index in [1.165, 1.54) is 19.2 Å². The molecule has 0 spiro atoms. The van der Waals surface area contributed by atoms with E-state index in [0.29, 0.717) is 0 Å². The van der Waals surface area contributed by atoms with Gasteiger partial charge < -0.3 is 15.2 Å². The molecule has 1 unspecified atom stereocenters. The monoisotopic (exact) mass is 241 g/mol. The number of hydrogen-bond acceptors (Lipinski definition) is 3. The van der Waals surface area contributed by atoms with Crippen molar-refractivity contribution in [1.82, 2.24) is 5.32 Å². The molecule has 5 heteroatoms. The zero-order chi connectivity index (χ0) is 12.7. The third kappa shape index (κ3) is 4.93. The number of carbonyl (C=O) groups excluding carboxylic acids is 1. The number of ether oxygens (including phenoxy) is 1. The Hall–Kier alpha value is -1.46. The molecule has 0 bridgehead atoms. The Labute approximate surface area is 99.4 Å². The summed E-state index contributed by atoms with van der Waals surface area (Å²) in [5.41, 5.74) is 0.720. The molecule has 1 atom stereocenters. The van der Waals surface area contributed by atoms with Crippen LogP contribution in [0.25, 0.3) is 0 Å². The van der Waals surface area contributed by atoms with Gasteiger partial charge in [0, 0.05) is 7.11 Å². The summed E-state index contributed by atoms with van der Waals surface area (Å²) >= 11 is 0. The summed E-state index contributed by atoms with van der Waals surface area (Å²) in [6.07, 6.45) is 0.153. The lowest BCUT2D eigenvalue weighted by atomic mass is 10.1.